The number of nitrogens with zero attached hydrogens (tertiary/aromatic N) is 2. The molecule has 4 aromatic rings. The number of ether oxygens (including phenoxy) is 1. The minimum Gasteiger partial charge on any atom is -0.545 e. The largest absolute Gasteiger partial charge is 1.00 e. The van der Waals surface area contributed by atoms with Crippen molar-refractivity contribution in [2.75, 3.05) is 13.4 Å². The number of hydrogen-bond acceptors (Lipinski definition) is 8. The molecule has 0 saturated heterocycles. The minimum atomic E-state index is -1.43. The number of rotatable bonds is 8. The first-order valence-corrected chi connectivity index (χ1v) is 11.9. The van der Waals surface area contributed by atoms with Crippen molar-refractivity contribution >= 4 is 51.8 Å². The van der Waals surface area contributed by atoms with Gasteiger partial charge in [-0.25, -0.2) is 0 Å². The van der Waals surface area contributed by atoms with Gasteiger partial charge >= 0.3 is 29.6 Å². The van der Waals surface area contributed by atoms with Crippen LogP contribution in [0.5, 0.6) is 5.75 Å². The fraction of sp³-hybridized carbons (Fsp3) is 0.120. The van der Waals surface area contributed by atoms with Crippen molar-refractivity contribution in [3.8, 4) is 5.75 Å². The molecule has 0 radical (unpaired) electrons. The predicted molar refractivity (Wildman–Crippen MR) is 129 cm³/mol. The zero-order chi connectivity index (χ0) is 23.4. The van der Waals surface area contributed by atoms with Crippen LogP contribution in [0.2, 0.25) is 0 Å². The van der Waals surface area contributed by atoms with Crippen LogP contribution >= 0.6 is 23.5 Å². The second-order valence-electron chi connectivity index (χ2n) is 7.19. The molecule has 1 heterocycles. The van der Waals surface area contributed by atoms with Crippen molar-refractivity contribution in [3.63, 3.8) is 0 Å². The molecule has 0 atom stereocenters. The molecule has 34 heavy (non-hydrogen) atoms. The van der Waals surface area contributed by atoms with Gasteiger partial charge in [0.2, 0.25) is 0 Å². The van der Waals surface area contributed by atoms with Gasteiger partial charge in [-0.15, -0.1) is 11.8 Å². The van der Waals surface area contributed by atoms with E-state index in [0.29, 0.717) is 27.9 Å². The molecule has 6 nitrogen and oxygen atoms in total. The standard InChI is InChI=1S/C25H20N2O4S2.Na/c1-31-18-5-3-4-15(12-18)13-20(24(28)16-6-9-19(32-2)10-7-16)23(25(29)30)17-8-11-21-22(14-17)27-33-26-21;/h3-12,14H,13H2,1-2H3,(H,29,30);/q;+1/p-1/b23-20+;. The number of hydrogen-bond donors (Lipinski definition) is 0. The van der Waals surface area contributed by atoms with Crippen LogP contribution in [0.3, 0.4) is 0 Å². The van der Waals surface area contributed by atoms with Crippen molar-refractivity contribution in [2.24, 2.45) is 0 Å². The van der Waals surface area contributed by atoms with E-state index in [9.17, 15) is 14.7 Å². The first kappa shape index (κ1) is 26.1. The smallest absolute Gasteiger partial charge is 0.545 e. The topological polar surface area (TPSA) is 92.2 Å². The summed E-state index contributed by atoms with van der Waals surface area (Å²) in [5.74, 6) is -1.18. The van der Waals surface area contributed by atoms with Gasteiger partial charge in [0.25, 0.3) is 0 Å². The van der Waals surface area contributed by atoms with Gasteiger partial charge in [-0.2, -0.15) is 8.75 Å². The van der Waals surface area contributed by atoms with Crippen molar-refractivity contribution in [1.29, 1.82) is 0 Å². The first-order chi connectivity index (χ1) is 16.0. The van der Waals surface area contributed by atoms with Crippen LogP contribution < -0.4 is 39.4 Å². The normalized spacial score (nSPS) is 11.5. The molecule has 0 fully saturated rings. The summed E-state index contributed by atoms with van der Waals surface area (Å²) in [7, 11) is 1.55. The number of thioether (sulfide) groups is 1. The Kier molecular flexibility index (Phi) is 9.04. The molecular weight excluding hydrogens is 479 g/mol. The summed E-state index contributed by atoms with van der Waals surface area (Å²) in [6.07, 6.45) is 2.04. The zero-order valence-electron chi connectivity index (χ0n) is 18.9. The summed E-state index contributed by atoms with van der Waals surface area (Å²) in [5.41, 5.74) is 2.69. The van der Waals surface area contributed by atoms with E-state index < -0.39 is 5.97 Å². The monoisotopic (exact) mass is 498 g/mol. The Morgan fingerprint density at radius 2 is 1.68 bits per heavy atom. The summed E-state index contributed by atoms with van der Waals surface area (Å²) in [4.78, 5) is 27.0. The van der Waals surface area contributed by atoms with Gasteiger partial charge in [-0.3, -0.25) is 4.79 Å². The Balaban J connectivity index is 0.00000324. The predicted octanol–water partition coefficient (Wildman–Crippen LogP) is 1.05. The van der Waals surface area contributed by atoms with E-state index in [4.69, 9.17) is 4.74 Å². The number of carbonyl (C=O) groups is 2. The fourth-order valence-electron chi connectivity index (χ4n) is 3.54. The number of carbonyl (C=O) groups excluding carboxylic acids is 2. The van der Waals surface area contributed by atoms with Gasteiger partial charge in [0, 0.05) is 28.0 Å². The van der Waals surface area contributed by atoms with Crippen molar-refractivity contribution in [1.82, 2.24) is 8.75 Å². The molecule has 1 aromatic heterocycles. The number of benzene rings is 3. The number of ketones is 1. The van der Waals surface area contributed by atoms with Crippen LogP contribution in [0.4, 0.5) is 0 Å². The number of aromatic nitrogens is 2. The minimum absolute atomic E-state index is 0. The van der Waals surface area contributed by atoms with Crippen LogP contribution in [0.1, 0.15) is 21.5 Å². The summed E-state index contributed by atoms with van der Waals surface area (Å²) >= 11 is 2.60. The molecule has 0 N–H and O–H groups in total. The number of carboxylic acid groups (broad SMARTS) is 1. The van der Waals surface area contributed by atoms with E-state index in [1.165, 1.54) is 0 Å². The Hall–Kier alpha value is -2.49. The van der Waals surface area contributed by atoms with Crippen LogP contribution in [0, 0.1) is 0 Å². The third-order valence-corrected chi connectivity index (χ3v) is 6.49. The molecular formula is C25H19N2NaO4S2. The van der Waals surface area contributed by atoms with Gasteiger partial charge in [-0.1, -0.05) is 18.2 Å². The van der Waals surface area contributed by atoms with Gasteiger partial charge < -0.3 is 14.6 Å². The molecule has 0 saturated carbocycles. The maximum absolute atomic E-state index is 13.6. The quantitative estimate of drug-likeness (QED) is 0.155. The number of carboxylic acids is 1. The average molecular weight is 499 g/mol. The number of aliphatic carboxylic acids is 1. The zero-order valence-corrected chi connectivity index (χ0v) is 22.5. The van der Waals surface area contributed by atoms with Crippen LogP contribution in [-0.4, -0.2) is 33.9 Å². The molecule has 0 unspecified atom stereocenters. The Labute approximate surface area is 227 Å². The van der Waals surface area contributed by atoms with Crippen LogP contribution in [0.25, 0.3) is 16.6 Å². The summed E-state index contributed by atoms with van der Waals surface area (Å²) in [6, 6.07) is 19.2. The molecule has 0 aliphatic rings. The van der Waals surface area contributed by atoms with Crippen molar-refractivity contribution in [3.05, 3.63) is 89.0 Å². The van der Waals surface area contributed by atoms with E-state index in [1.807, 2.05) is 24.5 Å². The summed E-state index contributed by atoms with van der Waals surface area (Å²) in [6.45, 7) is 0. The average Bonchev–Trinajstić information content (AvgIpc) is 3.31. The number of methoxy groups -OCH3 is 1. The molecule has 0 aliphatic carbocycles. The fourth-order valence-corrected chi connectivity index (χ4v) is 4.46. The molecule has 3 aromatic carbocycles. The molecule has 0 spiro atoms. The molecule has 9 heteroatoms. The maximum Gasteiger partial charge on any atom is 1.00 e. The van der Waals surface area contributed by atoms with E-state index in [0.717, 1.165) is 22.2 Å². The summed E-state index contributed by atoms with van der Waals surface area (Å²) in [5, 5.41) is 12.4. The maximum atomic E-state index is 13.6. The second kappa shape index (κ2) is 11.8. The Morgan fingerprint density at radius 1 is 0.971 bits per heavy atom. The SMILES string of the molecule is COc1cccc(C/C(C(=O)c2ccc(SC)cc2)=C(\C(=O)[O-])c2ccc3nsnc3c2)c1.[Na+]. The summed E-state index contributed by atoms with van der Waals surface area (Å²) < 4.78 is 13.7. The van der Waals surface area contributed by atoms with Gasteiger partial charge in [-0.05, 0) is 65.9 Å². The van der Waals surface area contributed by atoms with E-state index >= 15 is 0 Å². The van der Waals surface area contributed by atoms with Gasteiger partial charge in [0.15, 0.2) is 5.78 Å². The molecule has 0 bridgehead atoms. The van der Waals surface area contributed by atoms with E-state index in [2.05, 4.69) is 8.75 Å². The third-order valence-electron chi connectivity index (χ3n) is 5.19. The molecule has 0 aliphatic heterocycles. The Morgan fingerprint density at radius 3 is 2.35 bits per heavy atom. The van der Waals surface area contributed by atoms with E-state index in [1.54, 1.807) is 67.4 Å². The van der Waals surface area contributed by atoms with Crippen LogP contribution in [-0.2, 0) is 11.2 Å². The number of Topliss-reactive ketones (excluding diaryl/α,β-unsaturated/α-hetero) is 1. The molecule has 4 rings (SSSR count). The number of allylic oxidation sites excluding steroid dienone is 1. The van der Waals surface area contributed by atoms with Crippen LogP contribution in [0.15, 0.2) is 77.2 Å². The second-order valence-corrected chi connectivity index (χ2v) is 8.60. The third kappa shape index (κ3) is 5.76. The van der Waals surface area contributed by atoms with E-state index in [-0.39, 0.29) is 52.9 Å². The molecule has 0 amide bonds. The molecule has 166 valence electrons. The van der Waals surface area contributed by atoms with Crippen molar-refractivity contribution < 1.29 is 49.0 Å². The number of fused-ring (bicyclic) bond motifs is 1. The first-order valence-electron chi connectivity index (χ1n) is 9.99. The van der Waals surface area contributed by atoms with Gasteiger partial charge in [0.1, 0.15) is 16.8 Å². The van der Waals surface area contributed by atoms with Gasteiger partial charge in [0.05, 0.1) is 24.8 Å². The Bertz CT molecular complexity index is 1370. The van der Waals surface area contributed by atoms with Crippen molar-refractivity contribution in [2.45, 2.75) is 11.3 Å².